The molecule has 0 spiro atoms. The van der Waals surface area contributed by atoms with E-state index >= 15 is 0 Å². The molecule has 1 unspecified atom stereocenters. The smallest absolute Gasteiger partial charge is 0.357 e. The number of likely N-dealkylation sites (tertiary alicyclic amines) is 1. The van der Waals surface area contributed by atoms with Crippen molar-refractivity contribution in [2.45, 2.75) is 18.9 Å². The number of carbonyl (C=O) groups is 1. The predicted molar refractivity (Wildman–Crippen MR) is 39.5 cm³/mol. The molecule has 0 aromatic rings. The topological polar surface area (TPSA) is 49.4 Å². The van der Waals surface area contributed by atoms with Gasteiger partial charge < -0.3 is 5.32 Å². The number of likely N-dealkylation sites (N-methyl/N-ethyl adjacent to an activating group) is 1. The van der Waals surface area contributed by atoms with Gasteiger partial charge in [-0.1, -0.05) is 0 Å². The summed E-state index contributed by atoms with van der Waals surface area (Å²) in [5.74, 6) is -0.0918. The first kappa shape index (κ1) is 7.95. The Morgan fingerprint density at radius 3 is 3.00 bits per heavy atom. The van der Waals surface area contributed by atoms with Crippen molar-refractivity contribution >= 4 is 12.3 Å². The maximum atomic E-state index is 11.1. The van der Waals surface area contributed by atoms with E-state index in [4.69, 9.17) is 0 Å². The van der Waals surface area contributed by atoms with Crippen LogP contribution < -0.4 is 5.32 Å². The van der Waals surface area contributed by atoms with Crippen molar-refractivity contribution in [2.24, 2.45) is 0 Å². The van der Waals surface area contributed by atoms with Crippen molar-refractivity contribution in [1.29, 1.82) is 0 Å². The van der Waals surface area contributed by atoms with Crippen molar-refractivity contribution < 1.29 is 9.59 Å². The first-order valence-corrected chi connectivity index (χ1v) is 3.65. The number of hydrogen-bond acceptors (Lipinski definition) is 2. The molecular formula is C7H11N2O2+. The highest BCUT2D eigenvalue weighted by Crippen LogP contribution is 2.14. The van der Waals surface area contributed by atoms with E-state index < -0.39 is 0 Å². The van der Waals surface area contributed by atoms with Crippen LogP contribution in [0.2, 0.25) is 0 Å². The quantitative estimate of drug-likeness (QED) is 0.534. The first-order valence-electron chi connectivity index (χ1n) is 3.65. The average molecular weight is 155 g/mol. The Morgan fingerprint density at radius 1 is 1.73 bits per heavy atom. The molecule has 1 rings (SSSR count). The summed E-state index contributed by atoms with van der Waals surface area (Å²) in [7, 11) is 1.57. The standard InChI is InChI=1S/C7H10N2O2/c1-8-7(11)6-3-2-4-9(6)5-10/h6H,2-4H2,1H3/p+1. The molecule has 0 bridgehead atoms. The maximum Gasteiger partial charge on any atom is 0.668 e. The van der Waals surface area contributed by atoms with Gasteiger partial charge in [-0.25, -0.2) is 0 Å². The summed E-state index contributed by atoms with van der Waals surface area (Å²) < 4.78 is 0. The number of amides is 2. The normalized spacial score (nSPS) is 23.0. The van der Waals surface area contributed by atoms with Gasteiger partial charge in [0.05, 0.1) is 11.3 Å². The third kappa shape index (κ3) is 1.46. The van der Waals surface area contributed by atoms with Gasteiger partial charge in [-0.3, -0.25) is 4.79 Å². The van der Waals surface area contributed by atoms with E-state index in [0.717, 1.165) is 12.8 Å². The third-order valence-electron chi connectivity index (χ3n) is 1.92. The molecule has 0 aromatic carbocycles. The summed E-state index contributed by atoms with van der Waals surface area (Å²) >= 11 is 0. The Hall–Kier alpha value is -1.15. The number of carbonyl (C=O) groups excluding carboxylic acids is 2. The molecule has 1 N–H and O–H groups in total. The van der Waals surface area contributed by atoms with Crippen LogP contribution in [-0.2, 0) is 9.59 Å². The molecule has 0 saturated carbocycles. The van der Waals surface area contributed by atoms with E-state index in [1.165, 1.54) is 4.90 Å². The number of hydrogen-bond donors (Lipinski definition) is 1. The first-order chi connectivity index (χ1) is 5.29. The lowest BCUT2D eigenvalue weighted by Gasteiger charge is -2.07. The van der Waals surface area contributed by atoms with Gasteiger partial charge in [-0.05, 0) is 12.8 Å². The second-order valence-electron chi connectivity index (χ2n) is 2.56. The van der Waals surface area contributed by atoms with Crippen molar-refractivity contribution in [3.8, 4) is 0 Å². The average Bonchev–Trinajstić information content (AvgIpc) is 2.50. The van der Waals surface area contributed by atoms with Crippen LogP contribution in [0.1, 0.15) is 12.8 Å². The number of rotatable bonds is 2. The van der Waals surface area contributed by atoms with Gasteiger partial charge in [0.15, 0.2) is 6.04 Å². The van der Waals surface area contributed by atoms with Crippen LogP contribution in [0.4, 0.5) is 0 Å². The van der Waals surface area contributed by atoms with Crippen LogP contribution in [-0.4, -0.2) is 36.9 Å². The Morgan fingerprint density at radius 2 is 2.45 bits per heavy atom. The lowest BCUT2D eigenvalue weighted by Crippen LogP contribution is -2.41. The highest BCUT2D eigenvalue weighted by atomic mass is 16.2. The minimum absolute atomic E-state index is 0.0918. The van der Waals surface area contributed by atoms with Crippen LogP contribution >= 0.6 is 0 Å². The zero-order valence-corrected chi connectivity index (χ0v) is 6.46. The largest absolute Gasteiger partial charge is 0.668 e. The molecule has 1 aliphatic heterocycles. The van der Waals surface area contributed by atoms with Gasteiger partial charge in [0.1, 0.15) is 0 Å². The number of nitrogens with zero attached hydrogens (tertiary/aromatic N) is 1. The van der Waals surface area contributed by atoms with E-state index in [2.05, 4.69) is 5.32 Å². The third-order valence-corrected chi connectivity index (χ3v) is 1.92. The van der Waals surface area contributed by atoms with Crippen LogP contribution in [0.15, 0.2) is 0 Å². The molecule has 4 heteroatoms. The van der Waals surface area contributed by atoms with Gasteiger partial charge in [0.25, 0.3) is 0 Å². The highest BCUT2D eigenvalue weighted by Gasteiger charge is 2.37. The monoisotopic (exact) mass is 155 g/mol. The Kier molecular flexibility index (Phi) is 2.39. The van der Waals surface area contributed by atoms with Crippen molar-refractivity contribution in [3.05, 3.63) is 0 Å². The van der Waals surface area contributed by atoms with Gasteiger partial charge >= 0.3 is 6.41 Å². The summed E-state index contributed by atoms with van der Waals surface area (Å²) in [6.07, 6.45) is 3.41. The fourth-order valence-corrected chi connectivity index (χ4v) is 1.32. The molecule has 0 aromatic heterocycles. The van der Waals surface area contributed by atoms with Gasteiger partial charge in [-0.15, -0.1) is 4.90 Å². The van der Waals surface area contributed by atoms with E-state index in [-0.39, 0.29) is 11.9 Å². The second kappa shape index (κ2) is 3.30. The Labute approximate surface area is 65.6 Å². The molecule has 60 valence electrons. The van der Waals surface area contributed by atoms with E-state index in [9.17, 15) is 9.59 Å². The van der Waals surface area contributed by atoms with E-state index in [1.807, 2.05) is 0 Å². The molecular weight excluding hydrogens is 144 g/mol. The van der Waals surface area contributed by atoms with Gasteiger partial charge in [0, 0.05) is 7.05 Å². The van der Waals surface area contributed by atoms with Crippen LogP contribution in [0, 0.1) is 0 Å². The fourth-order valence-electron chi connectivity index (χ4n) is 1.32. The lowest BCUT2D eigenvalue weighted by atomic mass is 10.2. The highest BCUT2D eigenvalue weighted by molar-refractivity contribution is 5.83. The molecule has 1 heterocycles. The minimum Gasteiger partial charge on any atom is -0.357 e. The summed E-state index contributed by atoms with van der Waals surface area (Å²) in [6.45, 7) is 0.654. The summed E-state index contributed by atoms with van der Waals surface area (Å²) in [6, 6.07) is -0.280. The molecule has 0 aliphatic carbocycles. The van der Waals surface area contributed by atoms with E-state index in [1.54, 1.807) is 13.5 Å². The molecule has 2 amide bonds. The fraction of sp³-hybridized carbons (Fsp3) is 0.714. The summed E-state index contributed by atoms with van der Waals surface area (Å²) in [4.78, 5) is 22.7. The molecule has 0 radical (unpaired) electrons. The van der Waals surface area contributed by atoms with Crippen molar-refractivity contribution in [2.75, 3.05) is 13.6 Å². The lowest BCUT2D eigenvalue weighted by molar-refractivity contribution is -0.123. The van der Waals surface area contributed by atoms with Gasteiger partial charge in [-0.2, -0.15) is 0 Å². The van der Waals surface area contributed by atoms with Crippen LogP contribution in [0.5, 0.6) is 0 Å². The molecule has 4 nitrogen and oxygen atoms in total. The second-order valence-corrected chi connectivity index (χ2v) is 2.56. The Bertz CT molecular complexity index is 170. The molecule has 1 aliphatic rings. The predicted octanol–water partition coefficient (Wildman–Crippen LogP) is -0.736. The molecule has 1 atom stereocenters. The molecule has 11 heavy (non-hydrogen) atoms. The maximum absolute atomic E-state index is 11.1. The van der Waals surface area contributed by atoms with Crippen molar-refractivity contribution in [1.82, 2.24) is 10.2 Å². The van der Waals surface area contributed by atoms with Gasteiger partial charge in [0.2, 0.25) is 5.91 Å². The number of nitrogens with one attached hydrogen (secondary N) is 1. The Balaban J connectivity index is 2.56. The summed E-state index contributed by atoms with van der Waals surface area (Å²) in [5, 5.41) is 2.51. The zero-order chi connectivity index (χ0) is 8.27. The minimum atomic E-state index is -0.280. The SMILES string of the molecule is CNC(=O)C1CCCN1[C+]=O. The summed E-state index contributed by atoms with van der Waals surface area (Å²) in [5.41, 5.74) is 0. The van der Waals surface area contributed by atoms with Crippen molar-refractivity contribution in [3.63, 3.8) is 0 Å². The van der Waals surface area contributed by atoms with Crippen LogP contribution in [0.25, 0.3) is 0 Å². The molecule has 1 fully saturated rings. The molecule has 1 saturated heterocycles. The van der Waals surface area contributed by atoms with Crippen LogP contribution in [0.3, 0.4) is 0 Å². The zero-order valence-electron chi connectivity index (χ0n) is 6.46. The van der Waals surface area contributed by atoms with E-state index in [0.29, 0.717) is 6.54 Å².